The predicted octanol–water partition coefficient (Wildman–Crippen LogP) is 5.94. The maximum Gasteiger partial charge on any atom is 0.155 e. The molecule has 0 saturated carbocycles. The lowest BCUT2D eigenvalue weighted by atomic mass is 10.0. The molecule has 1 saturated heterocycles. The first-order valence-corrected chi connectivity index (χ1v) is 14.7. The zero-order valence-electron chi connectivity index (χ0n) is 24.4. The smallest absolute Gasteiger partial charge is 0.155 e. The Morgan fingerprint density at radius 1 is 0.907 bits per heavy atom. The van der Waals surface area contributed by atoms with Crippen molar-refractivity contribution in [2.24, 2.45) is 0 Å². The van der Waals surface area contributed by atoms with E-state index in [0.29, 0.717) is 11.3 Å². The van der Waals surface area contributed by atoms with Crippen LogP contribution in [0.2, 0.25) is 0 Å². The molecule has 5 aromatic heterocycles. The zero-order valence-corrected chi connectivity index (χ0v) is 24.4. The van der Waals surface area contributed by atoms with E-state index in [1.165, 1.54) is 24.5 Å². The quantitative estimate of drug-likeness (QED) is 0.196. The Labute approximate surface area is 249 Å². The lowest BCUT2D eigenvalue weighted by molar-refractivity contribution is 0.331. The molecule has 218 valence electrons. The van der Waals surface area contributed by atoms with Crippen molar-refractivity contribution in [3.8, 4) is 33.6 Å². The largest absolute Gasteiger partial charge is 0.384 e. The number of anilines is 1. The molecule has 0 amide bonds. The number of likely N-dealkylation sites (tertiary alicyclic amines) is 1. The van der Waals surface area contributed by atoms with E-state index in [-0.39, 0.29) is 5.82 Å². The molecule has 9 nitrogen and oxygen atoms in total. The van der Waals surface area contributed by atoms with Crippen LogP contribution in [0.25, 0.3) is 55.7 Å². The van der Waals surface area contributed by atoms with Gasteiger partial charge in [0.05, 0.1) is 5.69 Å². The number of pyridine rings is 3. The van der Waals surface area contributed by atoms with Gasteiger partial charge in [-0.1, -0.05) is 0 Å². The highest BCUT2D eigenvalue weighted by molar-refractivity contribution is 6.00. The van der Waals surface area contributed by atoms with Crippen LogP contribution in [0.15, 0.2) is 67.3 Å². The fourth-order valence-electron chi connectivity index (χ4n) is 5.87. The van der Waals surface area contributed by atoms with Gasteiger partial charge in [0.1, 0.15) is 17.2 Å². The Kier molecular flexibility index (Phi) is 7.30. The molecule has 10 heteroatoms. The Bertz CT molecular complexity index is 1900. The average Bonchev–Trinajstić information content (AvgIpc) is 3.76. The van der Waals surface area contributed by atoms with Crippen LogP contribution in [0.5, 0.6) is 0 Å². The third-order valence-electron chi connectivity index (χ3n) is 8.03. The number of hydrogen-bond donors (Lipinski definition) is 3. The highest BCUT2D eigenvalue weighted by atomic mass is 19.1. The summed E-state index contributed by atoms with van der Waals surface area (Å²) in [5.41, 5.74) is 8.59. The summed E-state index contributed by atoms with van der Waals surface area (Å²) in [7, 11) is 4.03. The molecule has 0 aliphatic carbocycles. The van der Waals surface area contributed by atoms with Crippen molar-refractivity contribution in [3.63, 3.8) is 0 Å². The van der Waals surface area contributed by atoms with Gasteiger partial charge >= 0.3 is 0 Å². The third-order valence-corrected chi connectivity index (χ3v) is 8.03. The van der Waals surface area contributed by atoms with Crippen molar-refractivity contribution in [3.05, 3.63) is 78.6 Å². The van der Waals surface area contributed by atoms with E-state index in [2.05, 4.69) is 57.4 Å². The second-order valence-electron chi connectivity index (χ2n) is 11.5. The van der Waals surface area contributed by atoms with Crippen LogP contribution < -0.4 is 5.32 Å². The van der Waals surface area contributed by atoms with E-state index < -0.39 is 0 Å². The van der Waals surface area contributed by atoms with Crippen LogP contribution in [0.4, 0.5) is 10.1 Å². The SMILES string of the molecule is CN(C)CCNc1cc(F)cc(-c2ccnc3[nH]c(-c4n[nH]c5ncc(-c6cncc(CN7CCCC7)c6)cc45)cc23)c1. The van der Waals surface area contributed by atoms with Crippen LogP contribution in [0.3, 0.4) is 0 Å². The number of aromatic amines is 2. The monoisotopic (exact) mass is 575 g/mol. The molecule has 1 aliphatic rings. The molecule has 1 fully saturated rings. The number of H-pyrrole nitrogens is 2. The Morgan fingerprint density at radius 3 is 2.63 bits per heavy atom. The van der Waals surface area contributed by atoms with Crippen LogP contribution in [-0.4, -0.2) is 80.2 Å². The van der Waals surface area contributed by atoms with Gasteiger partial charge < -0.3 is 15.2 Å². The highest BCUT2D eigenvalue weighted by Crippen LogP contribution is 2.35. The number of nitrogens with one attached hydrogen (secondary N) is 3. The van der Waals surface area contributed by atoms with Gasteiger partial charge in [-0.3, -0.25) is 15.0 Å². The number of nitrogens with zero attached hydrogens (tertiary/aromatic N) is 6. The second kappa shape index (κ2) is 11.5. The third kappa shape index (κ3) is 5.71. The summed E-state index contributed by atoms with van der Waals surface area (Å²) in [5.74, 6) is -0.290. The van der Waals surface area contributed by atoms with Crippen LogP contribution in [0.1, 0.15) is 18.4 Å². The van der Waals surface area contributed by atoms with Crippen molar-refractivity contribution in [1.82, 2.24) is 39.9 Å². The maximum absolute atomic E-state index is 14.7. The fourth-order valence-corrected chi connectivity index (χ4v) is 5.87. The molecule has 0 unspecified atom stereocenters. The average molecular weight is 576 g/mol. The molecular weight excluding hydrogens is 541 g/mol. The van der Waals surface area contributed by atoms with E-state index in [1.807, 2.05) is 50.9 Å². The molecule has 0 atom stereocenters. The highest BCUT2D eigenvalue weighted by Gasteiger charge is 2.17. The molecule has 43 heavy (non-hydrogen) atoms. The van der Waals surface area contributed by atoms with Crippen LogP contribution >= 0.6 is 0 Å². The summed E-state index contributed by atoms with van der Waals surface area (Å²) >= 11 is 0. The molecule has 6 aromatic rings. The molecule has 0 radical (unpaired) electrons. The Balaban J connectivity index is 1.22. The molecule has 0 bridgehead atoms. The number of benzene rings is 1. The minimum absolute atomic E-state index is 0.290. The number of likely N-dealkylation sites (N-methyl/N-ethyl adjacent to an activating group) is 1. The molecule has 6 heterocycles. The van der Waals surface area contributed by atoms with E-state index in [1.54, 1.807) is 12.3 Å². The number of fused-ring (bicyclic) bond motifs is 2. The number of aromatic nitrogens is 6. The Morgan fingerprint density at radius 2 is 1.77 bits per heavy atom. The van der Waals surface area contributed by atoms with Gasteiger partial charge in [0.2, 0.25) is 0 Å². The lowest BCUT2D eigenvalue weighted by Crippen LogP contribution is -2.20. The van der Waals surface area contributed by atoms with Crippen LogP contribution in [0, 0.1) is 5.82 Å². The van der Waals surface area contributed by atoms with Gasteiger partial charge in [0.25, 0.3) is 0 Å². The van der Waals surface area contributed by atoms with Crippen molar-refractivity contribution in [2.75, 3.05) is 45.6 Å². The second-order valence-corrected chi connectivity index (χ2v) is 11.5. The first kappa shape index (κ1) is 27.2. The normalized spacial score (nSPS) is 14.0. The van der Waals surface area contributed by atoms with Crippen molar-refractivity contribution in [1.29, 1.82) is 0 Å². The van der Waals surface area contributed by atoms with Crippen molar-refractivity contribution >= 4 is 27.8 Å². The standard InChI is InChI=1S/C33H34FN9/c1-42(2)10-7-36-26-13-22(12-25(34)15-26)27-5-6-37-32-28(27)16-30(39-32)31-29-14-24(19-38-33(29)41-40-31)23-11-21(17-35-18-23)20-43-8-3-4-9-43/h5-6,11-19,36H,3-4,7-10,20H2,1-2H3,(H,37,39)(H,38,40,41). The van der Waals surface area contributed by atoms with Crippen LogP contribution in [-0.2, 0) is 6.54 Å². The van der Waals surface area contributed by atoms with Gasteiger partial charge in [-0.15, -0.1) is 0 Å². The lowest BCUT2D eigenvalue weighted by Gasteiger charge is -2.14. The Hall–Kier alpha value is -4.67. The number of rotatable bonds is 9. The number of halogens is 1. The molecule has 1 aromatic carbocycles. The van der Waals surface area contributed by atoms with E-state index >= 15 is 0 Å². The van der Waals surface area contributed by atoms with E-state index in [4.69, 9.17) is 0 Å². The van der Waals surface area contributed by atoms with Crippen molar-refractivity contribution in [2.45, 2.75) is 19.4 Å². The molecular formula is C33H34FN9. The summed E-state index contributed by atoms with van der Waals surface area (Å²) in [6, 6.07) is 13.3. The van der Waals surface area contributed by atoms with Gasteiger partial charge in [-0.2, -0.15) is 5.10 Å². The number of hydrogen-bond acceptors (Lipinski definition) is 7. The molecule has 1 aliphatic heterocycles. The summed E-state index contributed by atoms with van der Waals surface area (Å²) in [6.07, 6.45) is 9.97. The summed E-state index contributed by atoms with van der Waals surface area (Å²) in [5, 5.41) is 12.8. The summed E-state index contributed by atoms with van der Waals surface area (Å²) < 4.78 is 14.7. The van der Waals surface area contributed by atoms with Gasteiger partial charge in [-0.25, -0.2) is 14.4 Å². The first-order chi connectivity index (χ1) is 21.0. The summed E-state index contributed by atoms with van der Waals surface area (Å²) in [4.78, 5) is 21.8. The topological polar surface area (TPSA) is 102 Å². The zero-order chi connectivity index (χ0) is 29.3. The molecule has 7 rings (SSSR count). The van der Waals surface area contributed by atoms with E-state index in [9.17, 15) is 4.39 Å². The maximum atomic E-state index is 14.7. The minimum Gasteiger partial charge on any atom is -0.384 e. The van der Waals surface area contributed by atoms with E-state index in [0.717, 1.165) is 82.8 Å². The van der Waals surface area contributed by atoms with Gasteiger partial charge in [-0.05, 0) is 99.2 Å². The fraction of sp³-hybridized carbons (Fsp3) is 0.273. The predicted molar refractivity (Wildman–Crippen MR) is 169 cm³/mol. The molecule has 0 spiro atoms. The van der Waals surface area contributed by atoms with Gasteiger partial charge in [0.15, 0.2) is 5.65 Å². The summed E-state index contributed by atoms with van der Waals surface area (Å²) in [6.45, 7) is 4.77. The van der Waals surface area contributed by atoms with Gasteiger partial charge in [0, 0.05) is 72.0 Å². The van der Waals surface area contributed by atoms with Crippen molar-refractivity contribution < 1.29 is 4.39 Å². The first-order valence-electron chi connectivity index (χ1n) is 14.7. The molecule has 3 N–H and O–H groups in total. The minimum atomic E-state index is -0.290.